The second kappa shape index (κ2) is 7.24. The molecule has 1 aromatic rings. The van der Waals surface area contributed by atoms with Crippen LogP contribution >= 0.6 is 0 Å². The molecule has 0 aliphatic heterocycles. The molecule has 5 nitrogen and oxygen atoms in total. The smallest absolute Gasteiger partial charge is 0.257 e. The van der Waals surface area contributed by atoms with Crippen molar-refractivity contribution < 1.29 is 14.3 Å². The number of carbonyl (C=O) groups is 1. The van der Waals surface area contributed by atoms with Crippen molar-refractivity contribution in [3.63, 3.8) is 0 Å². The van der Waals surface area contributed by atoms with E-state index in [2.05, 4.69) is 19.0 Å². The van der Waals surface area contributed by atoms with Crippen LogP contribution in [0.5, 0.6) is 11.5 Å². The van der Waals surface area contributed by atoms with Gasteiger partial charge in [-0.2, -0.15) is 0 Å². The van der Waals surface area contributed by atoms with Gasteiger partial charge in [-0.05, 0) is 63.7 Å². The van der Waals surface area contributed by atoms with Crippen molar-refractivity contribution in [3.05, 3.63) is 23.8 Å². The average molecular weight is 346 g/mol. The standard InChI is InChI=1S/C20H30N2O3/c1-21(2)15-8-13-10-16(11-14(13)9-15)22(3)20(23)18-7-6-17(24-4)12-19(18)25-5/h6-7,12-16H,8-11H2,1-5H3/t13-,14+,15?,16?. The number of hydrogen-bond acceptors (Lipinski definition) is 4. The van der Waals surface area contributed by atoms with Gasteiger partial charge in [-0.25, -0.2) is 0 Å². The van der Waals surface area contributed by atoms with Gasteiger partial charge in [0.2, 0.25) is 0 Å². The lowest BCUT2D eigenvalue weighted by Crippen LogP contribution is -2.36. The third kappa shape index (κ3) is 3.47. The minimum absolute atomic E-state index is 0.0358. The molecular weight excluding hydrogens is 316 g/mol. The zero-order valence-corrected chi connectivity index (χ0v) is 16.0. The van der Waals surface area contributed by atoms with Crippen LogP contribution in [0.1, 0.15) is 36.0 Å². The Morgan fingerprint density at radius 3 is 2.08 bits per heavy atom. The minimum Gasteiger partial charge on any atom is -0.497 e. The van der Waals surface area contributed by atoms with Crippen LogP contribution in [0.2, 0.25) is 0 Å². The highest BCUT2D eigenvalue weighted by atomic mass is 16.5. The van der Waals surface area contributed by atoms with E-state index in [9.17, 15) is 4.79 Å². The Balaban J connectivity index is 1.68. The molecule has 0 heterocycles. The molecule has 0 N–H and O–H groups in total. The predicted octanol–water partition coefficient (Wildman–Crippen LogP) is 2.89. The lowest BCUT2D eigenvalue weighted by molar-refractivity contribution is 0.0723. The van der Waals surface area contributed by atoms with E-state index in [0.717, 1.165) is 24.7 Å². The van der Waals surface area contributed by atoms with E-state index in [0.29, 0.717) is 29.1 Å². The normalized spacial score (nSPS) is 28.1. The van der Waals surface area contributed by atoms with Gasteiger partial charge in [0.05, 0.1) is 19.8 Å². The Hall–Kier alpha value is -1.75. The molecule has 0 saturated heterocycles. The number of rotatable bonds is 5. The Morgan fingerprint density at radius 1 is 0.960 bits per heavy atom. The van der Waals surface area contributed by atoms with Crippen LogP contribution in [0.15, 0.2) is 18.2 Å². The van der Waals surface area contributed by atoms with Gasteiger partial charge in [-0.3, -0.25) is 4.79 Å². The van der Waals surface area contributed by atoms with E-state index < -0.39 is 0 Å². The number of fused-ring (bicyclic) bond motifs is 1. The molecule has 0 spiro atoms. The highest BCUT2D eigenvalue weighted by Crippen LogP contribution is 2.46. The molecule has 2 unspecified atom stereocenters. The molecule has 4 atom stereocenters. The van der Waals surface area contributed by atoms with Gasteiger partial charge >= 0.3 is 0 Å². The van der Waals surface area contributed by atoms with Crippen LogP contribution < -0.4 is 9.47 Å². The highest BCUT2D eigenvalue weighted by molar-refractivity contribution is 5.97. The van der Waals surface area contributed by atoms with Crippen LogP contribution in [0, 0.1) is 11.8 Å². The lowest BCUT2D eigenvalue weighted by atomic mass is 10.0. The SMILES string of the molecule is COc1ccc(C(=O)N(C)C2C[C@H]3CC(N(C)C)C[C@H]3C2)c(OC)c1. The zero-order chi connectivity index (χ0) is 18.1. The molecule has 5 heteroatoms. The molecule has 0 bridgehead atoms. The van der Waals surface area contributed by atoms with Gasteiger partial charge in [0.1, 0.15) is 11.5 Å². The van der Waals surface area contributed by atoms with Crippen molar-refractivity contribution >= 4 is 5.91 Å². The first kappa shape index (κ1) is 18.1. The Kier molecular flexibility index (Phi) is 5.23. The van der Waals surface area contributed by atoms with E-state index in [-0.39, 0.29) is 5.91 Å². The van der Waals surface area contributed by atoms with Crippen LogP contribution in [0.3, 0.4) is 0 Å². The first-order chi connectivity index (χ1) is 11.9. The average Bonchev–Trinajstić information content (AvgIpc) is 3.19. The maximum absolute atomic E-state index is 13.0. The quantitative estimate of drug-likeness (QED) is 0.822. The van der Waals surface area contributed by atoms with Crippen LogP contribution in [0.4, 0.5) is 0 Å². The Labute approximate surface area is 150 Å². The molecule has 2 aliphatic rings. The van der Waals surface area contributed by atoms with Gasteiger partial charge in [-0.15, -0.1) is 0 Å². The topological polar surface area (TPSA) is 42.0 Å². The number of ether oxygens (including phenoxy) is 2. The summed E-state index contributed by atoms with van der Waals surface area (Å²) in [6.07, 6.45) is 4.77. The molecule has 2 aliphatic carbocycles. The fourth-order valence-corrected chi connectivity index (χ4v) is 4.62. The number of carbonyl (C=O) groups excluding carboxylic acids is 1. The third-order valence-electron chi connectivity index (χ3n) is 6.20. The van der Waals surface area contributed by atoms with Crippen molar-refractivity contribution in [3.8, 4) is 11.5 Å². The predicted molar refractivity (Wildman–Crippen MR) is 98.4 cm³/mol. The molecule has 0 aromatic heterocycles. The van der Waals surface area contributed by atoms with Gasteiger partial charge in [0.25, 0.3) is 5.91 Å². The molecule has 3 rings (SSSR count). The first-order valence-corrected chi connectivity index (χ1v) is 9.10. The Morgan fingerprint density at radius 2 is 1.56 bits per heavy atom. The van der Waals surface area contributed by atoms with E-state index in [1.54, 1.807) is 26.4 Å². The second-order valence-corrected chi connectivity index (χ2v) is 7.72. The highest BCUT2D eigenvalue weighted by Gasteiger charge is 2.44. The van der Waals surface area contributed by atoms with Gasteiger partial charge in [-0.1, -0.05) is 0 Å². The molecule has 0 radical (unpaired) electrons. The van der Waals surface area contributed by atoms with Crippen LogP contribution in [-0.4, -0.2) is 63.2 Å². The summed E-state index contributed by atoms with van der Waals surface area (Å²) in [5.74, 6) is 2.81. The van der Waals surface area contributed by atoms with E-state index in [1.807, 2.05) is 18.0 Å². The Bertz CT molecular complexity index is 617. The van der Waals surface area contributed by atoms with E-state index >= 15 is 0 Å². The molecule has 1 amide bonds. The molecule has 1 aromatic carbocycles. The van der Waals surface area contributed by atoms with Crippen LogP contribution in [0.25, 0.3) is 0 Å². The minimum atomic E-state index is 0.0358. The summed E-state index contributed by atoms with van der Waals surface area (Å²) < 4.78 is 10.6. The van der Waals surface area contributed by atoms with Crippen LogP contribution in [-0.2, 0) is 0 Å². The summed E-state index contributed by atoms with van der Waals surface area (Å²) in [4.78, 5) is 17.3. The third-order valence-corrected chi connectivity index (χ3v) is 6.20. The number of amides is 1. The van der Waals surface area contributed by atoms with E-state index in [1.165, 1.54) is 12.8 Å². The molecule has 2 fully saturated rings. The molecular formula is C20H30N2O3. The number of benzene rings is 1. The van der Waals surface area contributed by atoms with Gasteiger partial charge in [0, 0.05) is 25.2 Å². The van der Waals surface area contributed by atoms with Crippen molar-refractivity contribution in [2.45, 2.75) is 37.8 Å². The van der Waals surface area contributed by atoms with Crippen molar-refractivity contribution in [1.82, 2.24) is 9.80 Å². The summed E-state index contributed by atoms with van der Waals surface area (Å²) in [7, 11) is 9.48. The van der Waals surface area contributed by atoms with Crippen molar-refractivity contribution in [1.29, 1.82) is 0 Å². The summed E-state index contributed by atoms with van der Waals surface area (Å²) in [5, 5.41) is 0. The largest absolute Gasteiger partial charge is 0.497 e. The number of nitrogens with zero attached hydrogens (tertiary/aromatic N) is 2. The lowest BCUT2D eigenvalue weighted by Gasteiger charge is -2.27. The van der Waals surface area contributed by atoms with Crippen molar-refractivity contribution in [2.24, 2.45) is 11.8 Å². The number of methoxy groups -OCH3 is 2. The second-order valence-electron chi connectivity index (χ2n) is 7.72. The molecule has 25 heavy (non-hydrogen) atoms. The summed E-state index contributed by atoms with van der Waals surface area (Å²) in [5.41, 5.74) is 0.606. The molecule has 2 saturated carbocycles. The summed E-state index contributed by atoms with van der Waals surface area (Å²) >= 11 is 0. The maximum atomic E-state index is 13.0. The fourth-order valence-electron chi connectivity index (χ4n) is 4.62. The van der Waals surface area contributed by atoms with Gasteiger partial charge in [0.15, 0.2) is 0 Å². The summed E-state index contributed by atoms with van der Waals surface area (Å²) in [6, 6.07) is 6.42. The van der Waals surface area contributed by atoms with Crippen molar-refractivity contribution in [2.75, 3.05) is 35.4 Å². The summed E-state index contributed by atoms with van der Waals surface area (Å²) in [6.45, 7) is 0. The fraction of sp³-hybridized carbons (Fsp3) is 0.650. The monoisotopic (exact) mass is 346 g/mol. The van der Waals surface area contributed by atoms with Gasteiger partial charge < -0.3 is 19.3 Å². The zero-order valence-electron chi connectivity index (χ0n) is 16.0. The number of hydrogen-bond donors (Lipinski definition) is 0. The first-order valence-electron chi connectivity index (χ1n) is 9.10. The maximum Gasteiger partial charge on any atom is 0.257 e. The molecule has 138 valence electrons. The van der Waals surface area contributed by atoms with E-state index in [4.69, 9.17) is 9.47 Å².